The van der Waals surface area contributed by atoms with E-state index in [1.807, 2.05) is 0 Å². The van der Waals surface area contributed by atoms with E-state index in [0.717, 1.165) is 12.1 Å². The Morgan fingerprint density at radius 1 is 0.909 bits per heavy atom. The van der Waals surface area contributed by atoms with Gasteiger partial charge in [-0.15, -0.1) is 25.6 Å². The lowest BCUT2D eigenvalue weighted by Crippen LogP contribution is -2.17. The SMILES string of the molecule is Cl.N[C@@H](c1ccc(OC(F)(F)F)cc1)c1ccc(O)c(O)c1. The van der Waals surface area contributed by atoms with Crippen molar-refractivity contribution in [2.75, 3.05) is 0 Å². The molecule has 0 fully saturated rings. The van der Waals surface area contributed by atoms with Crippen molar-refractivity contribution in [2.24, 2.45) is 5.73 Å². The molecule has 0 unspecified atom stereocenters. The summed E-state index contributed by atoms with van der Waals surface area (Å²) in [6.45, 7) is 0. The van der Waals surface area contributed by atoms with Crippen molar-refractivity contribution in [1.29, 1.82) is 0 Å². The topological polar surface area (TPSA) is 75.7 Å². The molecule has 0 saturated heterocycles. The molecule has 120 valence electrons. The van der Waals surface area contributed by atoms with Gasteiger partial charge in [0, 0.05) is 0 Å². The van der Waals surface area contributed by atoms with Crippen LogP contribution in [-0.4, -0.2) is 16.6 Å². The maximum absolute atomic E-state index is 12.0. The minimum absolute atomic E-state index is 0. The number of alkyl halides is 3. The van der Waals surface area contributed by atoms with Crippen molar-refractivity contribution in [1.82, 2.24) is 0 Å². The molecule has 0 aliphatic carbocycles. The van der Waals surface area contributed by atoms with Gasteiger partial charge in [-0.2, -0.15) is 0 Å². The van der Waals surface area contributed by atoms with Crippen molar-refractivity contribution < 1.29 is 28.1 Å². The third kappa shape index (κ3) is 4.44. The molecule has 4 nitrogen and oxygen atoms in total. The lowest BCUT2D eigenvalue weighted by Gasteiger charge is -2.14. The summed E-state index contributed by atoms with van der Waals surface area (Å²) >= 11 is 0. The molecular weight excluding hydrogens is 323 g/mol. The Hall–Kier alpha value is -2.12. The smallest absolute Gasteiger partial charge is 0.504 e. The zero-order chi connectivity index (χ0) is 15.6. The van der Waals surface area contributed by atoms with Crippen LogP contribution in [0.2, 0.25) is 0 Å². The van der Waals surface area contributed by atoms with Crippen molar-refractivity contribution in [3.63, 3.8) is 0 Å². The van der Waals surface area contributed by atoms with Gasteiger partial charge in [0.05, 0.1) is 6.04 Å². The van der Waals surface area contributed by atoms with E-state index in [9.17, 15) is 23.4 Å². The predicted molar refractivity (Wildman–Crippen MR) is 76.2 cm³/mol. The third-order valence-electron chi connectivity index (χ3n) is 2.83. The van der Waals surface area contributed by atoms with Gasteiger partial charge in [-0.1, -0.05) is 18.2 Å². The Kier molecular flexibility index (Phi) is 5.51. The number of aromatic hydroxyl groups is 2. The number of halogens is 4. The molecule has 0 aliphatic heterocycles. The number of benzene rings is 2. The predicted octanol–water partition coefficient (Wildman–Crippen LogP) is 3.47. The van der Waals surface area contributed by atoms with E-state index in [-0.39, 0.29) is 29.7 Å². The van der Waals surface area contributed by atoms with Gasteiger partial charge in [-0.3, -0.25) is 0 Å². The zero-order valence-electron chi connectivity index (χ0n) is 11.0. The third-order valence-corrected chi connectivity index (χ3v) is 2.83. The van der Waals surface area contributed by atoms with Gasteiger partial charge in [0.2, 0.25) is 0 Å². The van der Waals surface area contributed by atoms with Crippen LogP contribution < -0.4 is 10.5 Å². The number of hydrogen-bond acceptors (Lipinski definition) is 4. The summed E-state index contributed by atoms with van der Waals surface area (Å²) in [6, 6.07) is 8.54. The molecule has 4 N–H and O–H groups in total. The average molecular weight is 336 g/mol. The van der Waals surface area contributed by atoms with Crippen LogP contribution in [0.15, 0.2) is 42.5 Å². The van der Waals surface area contributed by atoms with Gasteiger partial charge >= 0.3 is 6.36 Å². The van der Waals surface area contributed by atoms with Crippen LogP contribution in [0.1, 0.15) is 17.2 Å². The molecular formula is C14H13ClF3NO3. The second-order valence-corrected chi connectivity index (χ2v) is 4.34. The van der Waals surface area contributed by atoms with E-state index in [2.05, 4.69) is 4.74 Å². The molecule has 0 spiro atoms. The van der Waals surface area contributed by atoms with Gasteiger partial charge in [0.1, 0.15) is 5.75 Å². The highest BCUT2D eigenvalue weighted by Crippen LogP contribution is 2.30. The van der Waals surface area contributed by atoms with E-state index in [1.165, 1.54) is 30.3 Å². The number of rotatable bonds is 3. The molecule has 0 aliphatic rings. The molecule has 0 aromatic heterocycles. The average Bonchev–Trinajstić information content (AvgIpc) is 2.40. The lowest BCUT2D eigenvalue weighted by atomic mass is 9.99. The summed E-state index contributed by atoms with van der Waals surface area (Å²) in [5, 5.41) is 18.6. The highest BCUT2D eigenvalue weighted by Gasteiger charge is 2.31. The number of ether oxygens (including phenoxy) is 1. The molecule has 2 aromatic carbocycles. The van der Waals surface area contributed by atoms with Crippen molar-refractivity contribution in [3.8, 4) is 17.2 Å². The van der Waals surface area contributed by atoms with Gasteiger partial charge in [0.25, 0.3) is 0 Å². The zero-order valence-corrected chi connectivity index (χ0v) is 11.9. The molecule has 0 bridgehead atoms. The summed E-state index contributed by atoms with van der Waals surface area (Å²) in [5.41, 5.74) is 7.00. The highest BCUT2D eigenvalue weighted by atomic mass is 35.5. The van der Waals surface area contributed by atoms with E-state index < -0.39 is 12.4 Å². The summed E-state index contributed by atoms with van der Waals surface area (Å²) < 4.78 is 39.9. The number of phenols is 2. The summed E-state index contributed by atoms with van der Waals surface area (Å²) in [6.07, 6.45) is -4.74. The number of hydrogen-bond donors (Lipinski definition) is 3. The number of nitrogens with two attached hydrogens (primary N) is 1. The normalized spacial score (nSPS) is 12.4. The maximum atomic E-state index is 12.0. The summed E-state index contributed by atoms with van der Waals surface area (Å²) in [4.78, 5) is 0. The molecule has 0 saturated carbocycles. The lowest BCUT2D eigenvalue weighted by molar-refractivity contribution is -0.274. The van der Waals surface area contributed by atoms with Crippen LogP contribution in [0.4, 0.5) is 13.2 Å². The van der Waals surface area contributed by atoms with Crippen LogP contribution in [0.5, 0.6) is 17.2 Å². The highest BCUT2D eigenvalue weighted by molar-refractivity contribution is 5.85. The fourth-order valence-corrected chi connectivity index (χ4v) is 1.80. The molecule has 2 aromatic rings. The minimum atomic E-state index is -4.74. The van der Waals surface area contributed by atoms with Crippen molar-refractivity contribution >= 4 is 12.4 Å². The van der Waals surface area contributed by atoms with E-state index in [0.29, 0.717) is 11.1 Å². The molecule has 0 radical (unpaired) electrons. The first kappa shape index (κ1) is 17.9. The molecule has 0 heterocycles. The van der Waals surface area contributed by atoms with Crippen LogP contribution >= 0.6 is 12.4 Å². The molecule has 2 rings (SSSR count). The van der Waals surface area contributed by atoms with Gasteiger partial charge in [0.15, 0.2) is 11.5 Å². The summed E-state index contributed by atoms with van der Waals surface area (Å²) in [5.74, 6) is -0.938. The quantitative estimate of drug-likeness (QED) is 0.751. The minimum Gasteiger partial charge on any atom is -0.504 e. The second kappa shape index (κ2) is 6.76. The molecule has 8 heteroatoms. The molecule has 22 heavy (non-hydrogen) atoms. The van der Waals surface area contributed by atoms with E-state index >= 15 is 0 Å². The van der Waals surface area contributed by atoms with Gasteiger partial charge in [-0.25, -0.2) is 0 Å². The van der Waals surface area contributed by atoms with Crippen LogP contribution in [0.3, 0.4) is 0 Å². The fourth-order valence-electron chi connectivity index (χ4n) is 1.80. The summed E-state index contributed by atoms with van der Waals surface area (Å²) in [7, 11) is 0. The Bertz CT molecular complexity index is 632. The van der Waals surface area contributed by atoms with Crippen molar-refractivity contribution in [2.45, 2.75) is 12.4 Å². The van der Waals surface area contributed by atoms with E-state index in [4.69, 9.17) is 5.73 Å². The van der Waals surface area contributed by atoms with Crippen LogP contribution in [0.25, 0.3) is 0 Å². The van der Waals surface area contributed by atoms with Crippen LogP contribution in [-0.2, 0) is 0 Å². The molecule has 0 amide bonds. The van der Waals surface area contributed by atoms with Crippen LogP contribution in [0, 0.1) is 0 Å². The monoisotopic (exact) mass is 335 g/mol. The fraction of sp³-hybridized carbons (Fsp3) is 0.143. The van der Waals surface area contributed by atoms with E-state index in [1.54, 1.807) is 0 Å². The Balaban J connectivity index is 0.00000242. The Morgan fingerprint density at radius 2 is 1.45 bits per heavy atom. The molecule has 1 atom stereocenters. The van der Waals surface area contributed by atoms with Crippen molar-refractivity contribution in [3.05, 3.63) is 53.6 Å². The standard InChI is InChI=1S/C14H12F3NO3.ClH/c15-14(16,17)21-10-4-1-8(2-5-10)13(18)9-3-6-11(19)12(20)7-9;/h1-7,13,19-20H,18H2;1H/t13-;/m0./s1. The number of phenolic OH excluding ortho intramolecular Hbond substituents is 2. The van der Waals surface area contributed by atoms with Gasteiger partial charge in [-0.05, 0) is 35.4 Å². The first-order valence-electron chi connectivity index (χ1n) is 5.89. The first-order valence-corrected chi connectivity index (χ1v) is 5.89. The Labute approximate surface area is 130 Å². The second-order valence-electron chi connectivity index (χ2n) is 4.34. The Morgan fingerprint density at radius 3 is 1.95 bits per heavy atom. The first-order chi connectivity index (χ1) is 9.76. The van der Waals surface area contributed by atoms with Gasteiger partial charge < -0.3 is 20.7 Å². The maximum Gasteiger partial charge on any atom is 0.573 e. The largest absolute Gasteiger partial charge is 0.573 e.